The highest BCUT2D eigenvalue weighted by Gasteiger charge is 2.31. The Balaban J connectivity index is 1.95. The van der Waals surface area contributed by atoms with Crippen LogP contribution in [0.5, 0.6) is 5.75 Å². The van der Waals surface area contributed by atoms with Crippen molar-refractivity contribution in [3.8, 4) is 28.3 Å². The number of ether oxygens (including phenoxy) is 1. The molecule has 142 valence electrons. The van der Waals surface area contributed by atoms with Gasteiger partial charge in [0.05, 0.1) is 0 Å². The van der Waals surface area contributed by atoms with E-state index in [9.17, 15) is 21.6 Å². The molecule has 0 fully saturated rings. The van der Waals surface area contributed by atoms with Gasteiger partial charge in [-0.15, -0.1) is 13.2 Å². The van der Waals surface area contributed by atoms with E-state index in [0.717, 1.165) is 6.26 Å². The van der Waals surface area contributed by atoms with E-state index >= 15 is 0 Å². The minimum atomic E-state index is -4.78. The maximum atomic E-state index is 12.3. The van der Waals surface area contributed by atoms with E-state index in [-0.39, 0.29) is 16.7 Å². The highest BCUT2D eigenvalue weighted by Crippen LogP contribution is 2.33. The molecule has 3 aromatic rings. The molecule has 2 aromatic carbocycles. The van der Waals surface area contributed by atoms with E-state index in [1.165, 1.54) is 24.3 Å². The van der Waals surface area contributed by atoms with Crippen molar-refractivity contribution < 1.29 is 26.3 Å². The lowest BCUT2D eigenvalue weighted by Gasteiger charge is -2.10. The van der Waals surface area contributed by atoms with Gasteiger partial charge >= 0.3 is 6.36 Å². The lowest BCUT2D eigenvalue weighted by molar-refractivity contribution is -0.274. The molecule has 0 atom stereocenters. The Bertz CT molecular complexity index is 1080. The number of hydrogen-bond donors (Lipinski definition) is 1. The Morgan fingerprint density at radius 3 is 2.26 bits per heavy atom. The highest BCUT2D eigenvalue weighted by atomic mass is 35.5. The van der Waals surface area contributed by atoms with Gasteiger partial charge in [0.25, 0.3) is 0 Å². The molecule has 0 aliphatic heterocycles. The summed E-state index contributed by atoms with van der Waals surface area (Å²) >= 11 is 6.19. The van der Waals surface area contributed by atoms with Crippen LogP contribution in [0.25, 0.3) is 22.5 Å². The van der Waals surface area contributed by atoms with Crippen molar-refractivity contribution in [2.45, 2.75) is 11.5 Å². The van der Waals surface area contributed by atoms with Crippen molar-refractivity contribution in [1.29, 1.82) is 0 Å². The molecule has 0 radical (unpaired) electrons. The smallest absolute Gasteiger partial charge is 0.406 e. The highest BCUT2D eigenvalue weighted by molar-refractivity contribution is 7.90. The third-order valence-corrected chi connectivity index (χ3v) is 4.65. The van der Waals surface area contributed by atoms with E-state index in [1.54, 1.807) is 18.2 Å². The zero-order chi connectivity index (χ0) is 19.8. The Labute approximate surface area is 156 Å². The monoisotopic (exact) mass is 417 g/mol. The Kier molecular flexibility index (Phi) is 4.87. The van der Waals surface area contributed by atoms with Gasteiger partial charge in [0.2, 0.25) is 15.0 Å². The van der Waals surface area contributed by atoms with Gasteiger partial charge in [-0.1, -0.05) is 23.7 Å². The van der Waals surface area contributed by atoms with Crippen LogP contribution in [0.4, 0.5) is 13.2 Å². The number of rotatable bonds is 4. The summed E-state index contributed by atoms with van der Waals surface area (Å²) in [4.78, 5) is 3.93. The summed E-state index contributed by atoms with van der Waals surface area (Å²) in [5, 5.41) is 6.28. The van der Waals surface area contributed by atoms with Crippen LogP contribution in [0.2, 0.25) is 5.02 Å². The normalized spacial score (nSPS) is 12.2. The average molecular weight is 418 g/mol. The molecular weight excluding hydrogens is 407 g/mol. The van der Waals surface area contributed by atoms with Crippen molar-refractivity contribution in [1.82, 2.24) is 15.2 Å². The number of aromatic amines is 1. The Morgan fingerprint density at radius 1 is 1.07 bits per heavy atom. The van der Waals surface area contributed by atoms with E-state index in [2.05, 4.69) is 19.9 Å². The number of benzene rings is 2. The lowest BCUT2D eigenvalue weighted by Crippen LogP contribution is -2.16. The summed E-state index contributed by atoms with van der Waals surface area (Å²) in [5.74, 6) is -0.212. The third-order valence-electron chi connectivity index (χ3n) is 3.44. The van der Waals surface area contributed by atoms with Gasteiger partial charge in [0, 0.05) is 22.4 Å². The molecule has 3 rings (SSSR count). The molecule has 1 heterocycles. The van der Waals surface area contributed by atoms with Crippen LogP contribution in [0.3, 0.4) is 0 Å². The zero-order valence-corrected chi connectivity index (χ0v) is 15.2. The Morgan fingerprint density at radius 2 is 1.70 bits per heavy atom. The van der Waals surface area contributed by atoms with Crippen molar-refractivity contribution in [3.05, 3.63) is 47.5 Å². The van der Waals surface area contributed by atoms with Gasteiger partial charge in [0.1, 0.15) is 5.75 Å². The lowest BCUT2D eigenvalue weighted by atomic mass is 10.0. The van der Waals surface area contributed by atoms with Crippen LogP contribution in [0.1, 0.15) is 0 Å². The van der Waals surface area contributed by atoms with Crippen molar-refractivity contribution in [2.24, 2.45) is 0 Å². The predicted molar refractivity (Wildman–Crippen MR) is 92.1 cm³/mol. The maximum Gasteiger partial charge on any atom is 0.573 e. The molecule has 1 N–H and O–H groups in total. The number of halogens is 4. The third kappa shape index (κ3) is 4.58. The minimum Gasteiger partial charge on any atom is -0.406 e. The summed E-state index contributed by atoms with van der Waals surface area (Å²) < 4.78 is 63.6. The molecule has 0 bridgehead atoms. The fraction of sp³-hybridized carbons (Fsp3) is 0.125. The summed E-state index contributed by atoms with van der Waals surface area (Å²) in [6.07, 6.45) is -3.78. The molecule has 0 amide bonds. The molecule has 0 spiro atoms. The number of H-pyrrole nitrogens is 1. The van der Waals surface area contributed by atoms with Gasteiger partial charge < -0.3 is 4.74 Å². The predicted octanol–water partition coefficient (Wildman–Crippen LogP) is 4.09. The first-order valence-electron chi connectivity index (χ1n) is 7.31. The second-order valence-electron chi connectivity index (χ2n) is 5.50. The molecule has 0 aliphatic carbocycles. The molecule has 1 aromatic heterocycles. The van der Waals surface area contributed by atoms with Crippen LogP contribution < -0.4 is 4.74 Å². The van der Waals surface area contributed by atoms with Gasteiger partial charge in [-0.3, -0.25) is 0 Å². The molecule has 0 saturated heterocycles. The SMILES string of the molecule is CS(=O)(=O)c1nc(-c2ccc(Cl)c(-c3ccc(OC(F)(F)F)cc3)c2)n[nH]1. The number of aromatic nitrogens is 3. The van der Waals surface area contributed by atoms with Crippen LogP contribution in [-0.2, 0) is 9.84 Å². The molecule has 0 unspecified atom stereocenters. The molecule has 0 saturated carbocycles. The van der Waals surface area contributed by atoms with Crippen LogP contribution in [-0.4, -0.2) is 36.2 Å². The molecule has 27 heavy (non-hydrogen) atoms. The van der Waals surface area contributed by atoms with E-state index < -0.39 is 16.2 Å². The number of nitrogens with zero attached hydrogens (tertiary/aromatic N) is 2. The van der Waals surface area contributed by atoms with Crippen LogP contribution in [0.15, 0.2) is 47.6 Å². The van der Waals surface area contributed by atoms with Crippen LogP contribution in [0, 0.1) is 0 Å². The summed E-state index contributed by atoms with van der Waals surface area (Å²) in [5.41, 5.74) is 1.53. The molecular formula is C16H11ClF3N3O3S. The second kappa shape index (κ2) is 6.86. The molecule has 0 aliphatic rings. The van der Waals surface area contributed by atoms with Crippen LogP contribution >= 0.6 is 11.6 Å². The van der Waals surface area contributed by atoms with Crippen molar-refractivity contribution in [3.63, 3.8) is 0 Å². The zero-order valence-electron chi connectivity index (χ0n) is 13.6. The number of nitrogens with one attached hydrogen (secondary N) is 1. The summed E-state index contributed by atoms with van der Waals surface area (Å²) in [7, 11) is -3.54. The fourth-order valence-electron chi connectivity index (χ4n) is 2.26. The van der Waals surface area contributed by atoms with E-state index in [0.29, 0.717) is 21.7 Å². The first kappa shape index (κ1) is 19.2. The Hall–Kier alpha value is -2.59. The van der Waals surface area contributed by atoms with Gasteiger partial charge in [-0.2, -0.15) is 10.1 Å². The number of alkyl halides is 3. The number of sulfone groups is 1. The maximum absolute atomic E-state index is 12.3. The first-order chi connectivity index (χ1) is 12.5. The second-order valence-corrected chi connectivity index (χ2v) is 7.84. The topological polar surface area (TPSA) is 84.9 Å². The average Bonchev–Trinajstić information content (AvgIpc) is 3.05. The minimum absolute atomic E-state index is 0.144. The van der Waals surface area contributed by atoms with E-state index in [4.69, 9.17) is 11.6 Å². The largest absolute Gasteiger partial charge is 0.573 e. The van der Waals surface area contributed by atoms with Gasteiger partial charge in [0.15, 0.2) is 5.82 Å². The quantitative estimate of drug-likeness (QED) is 0.691. The summed E-state index contributed by atoms with van der Waals surface area (Å²) in [6, 6.07) is 9.95. The molecule has 11 heteroatoms. The molecule has 6 nitrogen and oxygen atoms in total. The van der Waals surface area contributed by atoms with E-state index in [1.807, 2.05) is 0 Å². The first-order valence-corrected chi connectivity index (χ1v) is 9.58. The summed E-state index contributed by atoms with van der Waals surface area (Å²) in [6.45, 7) is 0. The number of hydrogen-bond acceptors (Lipinski definition) is 5. The van der Waals surface area contributed by atoms with Gasteiger partial charge in [-0.25, -0.2) is 13.5 Å². The van der Waals surface area contributed by atoms with Gasteiger partial charge in [-0.05, 0) is 35.9 Å². The fourth-order valence-corrected chi connectivity index (χ4v) is 2.95. The van der Waals surface area contributed by atoms with Crippen molar-refractivity contribution in [2.75, 3.05) is 6.26 Å². The van der Waals surface area contributed by atoms with Crippen molar-refractivity contribution >= 4 is 21.4 Å². The standard InChI is InChI=1S/C16H11ClF3N3O3S/c1-27(24,25)15-21-14(22-23-15)10-4-7-13(17)12(8-10)9-2-5-11(6-3-9)26-16(18,19)20/h2-8H,1H3,(H,21,22,23).